The minimum Gasteiger partial charge on any atom is -0.300 e. The van der Waals surface area contributed by atoms with Gasteiger partial charge in [-0.15, -0.1) is 0 Å². The Hall–Kier alpha value is -0.660. The molecule has 8 atom stereocenters. The van der Waals surface area contributed by atoms with Crippen molar-refractivity contribution in [3.8, 4) is 0 Å². The van der Waals surface area contributed by atoms with Gasteiger partial charge in [-0.2, -0.15) is 0 Å². The van der Waals surface area contributed by atoms with Crippen LogP contribution < -0.4 is 0 Å². The third-order valence-electron chi connectivity index (χ3n) is 9.78. The van der Waals surface area contributed by atoms with Crippen LogP contribution in [-0.4, -0.2) is 11.6 Å². The van der Waals surface area contributed by atoms with Gasteiger partial charge in [-0.25, -0.2) is 0 Å². The minimum absolute atomic E-state index is 0.0329. The Kier molecular flexibility index (Phi) is 4.64. The second-order valence-corrected chi connectivity index (χ2v) is 10.8. The third kappa shape index (κ3) is 2.57. The summed E-state index contributed by atoms with van der Waals surface area (Å²) < 4.78 is 0. The maximum absolute atomic E-state index is 13.1. The Balaban J connectivity index is 1.62. The van der Waals surface area contributed by atoms with E-state index < -0.39 is 0 Å². The summed E-state index contributed by atoms with van der Waals surface area (Å²) in [7, 11) is 0. The number of carbonyl (C=O) groups is 2. The molecule has 0 aromatic rings. The number of hydrogen-bond donors (Lipinski definition) is 0. The Morgan fingerprint density at radius 1 is 1.00 bits per heavy atom. The fourth-order valence-electron chi connectivity index (χ4n) is 8.47. The molecular formula is C24H38O2. The summed E-state index contributed by atoms with van der Waals surface area (Å²) in [5, 5.41) is 0. The topological polar surface area (TPSA) is 34.1 Å². The molecule has 2 nitrogen and oxygen atoms in total. The predicted octanol–water partition coefficient (Wildman–Crippen LogP) is 5.83. The van der Waals surface area contributed by atoms with E-state index in [0.717, 1.165) is 30.6 Å². The van der Waals surface area contributed by atoms with Gasteiger partial charge in [0.15, 0.2) is 0 Å². The Labute approximate surface area is 159 Å². The van der Waals surface area contributed by atoms with E-state index in [-0.39, 0.29) is 11.3 Å². The van der Waals surface area contributed by atoms with Crippen molar-refractivity contribution < 1.29 is 9.59 Å². The van der Waals surface area contributed by atoms with Crippen molar-refractivity contribution in [2.75, 3.05) is 0 Å². The van der Waals surface area contributed by atoms with Crippen LogP contribution in [0.1, 0.15) is 91.9 Å². The Morgan fingerprint density at radius 3 is 2.46 bits per heavy atom. The highest BCUT2D eigenvalue weighted by Gasteiger charge is 2.62. The highest BCUT2D eigenvalue weighted by molar-refractivity contribution is 5.90. The molecule has 4 aliphatic rings. The van der Waals surface area contributed by atoms with Crippen molar-refractivity contribution >= 4 is 11.6 Å². The van der Waals surface area contributed by atoms with E-state index in [4.69, 9.17) is 0 Å². The van der Waals surface area contributed by atoms with Crippen molar-refractivity contribution in [1.82, 2.24) is 0 Å². The lowest BCUT2D eigenvalue weighted by atomic mass is 9.44. The molecule has 2 heteroatoms. The Bertz CT molecular complexity index is 595. The molecule has 0 bridgehead atoms. The van der Waals surface area contributed by atoms with E-state index in [1.165, 1.54) is 38.5 Å². The summed E-state index contributed by atoms with van der Waals surface area (Å²) in [5.74, 6) is 4.47. The first kappa shape index (κ1) is 18.7. The summed E-state index contributed by atoms with van der Waals surface area (Å²) in [6.07, 6.45) is 11.0. The van der Waals surface area contributed by atoms with Crippen molar-refractivity contribution in [2.45, 2.75) is 91.9 Å². The van der Waals surface area contributed by atoms with Crippen molar-refractivity contribution in [2.24, 2.45) is 46.3 Å². The quantitative estimate of drug-likeness (QED) is 0.636. The van der Waals surface area contributed by atoms with E-state index in [1.54, 1.807) is 0 Å². The van der Waals surface area contributed by atoms with Gasteiger partial charge in [0.05, 0.1) is 0 Å². The van der Waals surface area contributed by atoms with Crippen LogP contribution in [0.4, 0.5) is 0 Å². The molecule has 0 radical (unpaired) electrons. The van der Waals surface area contributed by atoms with Crippen LogP contribution in [0.15, 0.2) is 0 Å². The zero-order valence-corrected chi connectivity index (χ0v) is 17.4. The number of carbonyl (C=O) groups excluding carboxylic acids is 2. The van der Waals surface area contributed by atoms with Gasteiger partial charge < -0.3 is 0 Å². The van der Waals surface area contributed by atoms with Gasteiger partial charge in [0, 0.05) is 25.2 Å². The number of rotatable bonds is 3. The second-order valence-electron chi connectivity index (χ2n) is 10.8. The summed E-state index contributed by atoms with van der Waals surface area (Å²) in [6.45, 7) is 9.73. The monoisotopic (exact) mass is 358 g/mol. The number of ketones is 2. The van der Waals surface area contributed by atoms with Gasteiger partial charge in [-0.05, 0) is 72.5 Å². The summed E-state index contributed by atoms with van der Waals surface area (Å²) >= 11 is 0. The molecule has 26 heavy (non-hydrogen) atoms. The molecule has 0 heterocycles. The van der Waals surface area contributed by atoms with Crippen LogP contribution in [0.2, 0.25) is 0 Å². The van der Waals surface area contributed by atoms with Gasteiger partial charge in [0.2, 0.25) is 0 Å². The van der Waals surface area contributed by atoms with Gasteiger partial charge in [-0.3, -0.25) is 9.59 Å². The first-order valence-electron chi connectivity index (χ1n) is 11.4. The number of hydrogen-bond acceptors (Lipinski definition) is 2. The zero-order chi connectivity index (χ0) is 18.7. The average Bonchev–Trinajstić information content (AvgIpc) is 2.94. The van der Waals surface area contributed by atoms with Crippen LogP contribution in [0.25, 0.3) is 0 Å². The van der Waals surface area contributed by atoms with Crippen LogP contribution in [-0.2, 0) is 9.59 Å². The SMILES string of the molecule is CCCC(C)[C@H]1CCC2C3CC(=O)C4CC(=O)CC[C@]4(C)C3CC[C@@]21C. The lowest BCUT2D eigenvalue weighted by molar-refractivity contribution is -0.159. The fraction of sp³-hybridized carbons (Fsp3) is 0.917. The van der Waals surface area contributed by atoms with Crippen LogP contribution in [0, 0.1) is 46.3 Å². The van der Waals surface area contributed by atoms with Crippen molar-refractivity contribution in [1.29, 1.82) is 0 Å². The van der Waals surface area contributed by atoms with Gasteiger partial charge in [0.1, 0.15) is 11.6 Å². The minimum atomic E-state index is 0.0329. The smallest absolute Gasteiger partial charge is 0.137 e. The van der Waals surface area contributed by atoms with Gasteiger partial charge in [0.25, 0.3) is 0 Å². The predicted molar refractivity (Wildman–Crippen MR) is 105 cm³/mol. The van der Waals surface area contributed by atoms with Gasteiger partial charge >= 0.3 is 0 Å². The Morgan fingerprint density at radius 2 is 1.73 bits per heavy atom. The molecule has 146 valence electrons. The largest absolute Gasteiger partial charge is 0.300 e. The molecule has 5 unspecified atom stereocenters. The lowest BCUT2D eigenvalue weighted by Crippen LogP contribution is -2.56. The summed E-state index contributed by atoms with van der Waals surface area (Å²) in [6, 6.07) is 0. The second kappa shape index (κ2) is 6.45. The van der Waals surface area contributed by atoms with Crippen LogP contribution in [0.5, 0.6) is 0 Å². The molecule has 4 fully saturated rings. The maximum Gasteiger partial charge on any atom is 0.137 e. The molecule has 4 aliphatic carbocycles. The molecule has 0 amide bonds. The lowest BCUT2D eigenvalue weighted by Gasteiger charge is -2.59. The molecule has 0 N–H and O–H groups in total. The highest BCUT2D eigenvalue weighted by Crippen LogP contribution is 2.67. The summed E-state index contributed by atoms with van der Waals surface area (Å²) in [4.78, 5) is 25.1. The van der Waals surface area contributed by atoms with E-state index >= 15 is 0 Å². The summed E-state index contributed by atoms with van der Waals surface area (Å²) in [5.41, 5.74) is 0.548. The zero-order valence-electron chi connectivity index (χ0n) is 17.4. The molecule has 0 saturated heterocycles. The van der Waals surface area contributed by atoms with Crippen molar-refractivity contribution in [3.63, 3.8) is 0 Å². The number of fused-ring (bicyclic) bond motifs is 5. The molecule has 4 saturated carbocycles. The van der Waals surface area contributed by atoms with Crippen LogP contribution in [0.3, 0.4) is 0 Å². The normalized spacial score (nSPS) is 49.3. The average molecular weight is 359 g/mol. The van der Waals surface area contributed by atoms with Gasteiger partial charge in [-0.1, -0.05) is 40.5 Å². The molecule has 0 aromatic carbocycles. The number of Topliss-reactive ketones (excluding diaryl/α,β-unsaturated/α-hetero) is 2. The first-order chi connectivity index (χ1) is 12.3. The van der Waals surface area contributed by atoms with E-state index in [2.05, 4.69) is 27.7 Å². The van der Waals surface area contributed by atoms with Crippen molar-refractivity contribution in [3.05, 3.63) is 0 Å². The van der Waals surface area contributed by atoms with E-state index in [1.807, 2.05) is 0 Å². The standard InChI is InChI=1S/C24H38O2/c1-5-6-15(2)18-7-8-19-17-14-22(26)21-13-16(25)9-11-24(21,4)20(17)10-12-23(18,19)3/h15,17-21H,5-14H2,1-4H3/t15?,17?,18-,19?,20?,21?,23-,24-/m1/s1. The molecule has 0 aromatic heterocycles. The van der Waals surface area contributed by atoms with E-state index in [0.29, 0.717) is 41.7 Å². The maximum atomic E-state index is 13.1. The fourth-order valence-corrected chi connectivity index (χ4v) is 8.47. The molecule has 4 rings (SSSR count). The first-order valence-corrected chi connectivity index (χ1v) is 11.4. The third-order valence-corrected chi connectivity index (χ3v) is 9.78. The molecule has 0 aliphatic heterocycles. The van der Waals surface area contributed by atoms with E-state index in [9.17, 15) is 9.59 Å². The molecular weight excluding hydrogens is 320 g/mol. The molecule has 0 spiro atoms. The highest BCUT2D eigenvalue weighted by atomic mass is 16.1. The van der Waals surface area contributed by atoms with Crippen LogP contribution >= 0.6 is 0 Å².